The molecule has 0 unspecified atom stereocenters. The van der Waals surface area contributed by atoms with Crippen LogP contribution in [0.5, 0.6) is 0 Å². The van der Waals surface area contributed by atoms with Gasteiger partial charge in [0.2, 0.25) is 11.8 Å². The van der Waals surface area contributed by atoms with Gasteiger partial charge < -0.3 is 14.5 Å². The first-order chi connectivity index (χ1) is 11.7. The Hall–Kier alpha value is -1.95. The van der Waals surface area contributed by atoms with E-state index in [4.69, 9.17) is 4.74 Å². The summed E-state index contributed by atoms with van der Waals surface area (Å²) in [5.74, 6) is 0.419. The first-order valence-electron chi connectivity index (χ1n) is 8.80. The number of likely N-dealkylation sites (tertiary alicyclic amines) is 2. The topological polar surface area (TPSA) is 62.7 Å². The Morgan fingerprint density at radius 1 is 1.29 bits per heavy atom. The fourth-order valence-electron chi connectivity index (χ4n) is 4.28. The molecule has 1 aromatic rings. The van der Waals surface area contributed by atoms with E-state index in [0.29, 0.717) is 26.2 Å². The number of fused-ring (bicyclic) bond motifs is 1. The third-order valence-electron chi connectivity index (χ3n) is 5.52. The Bertz CT molecular complexity index is 615. The van der Waals surface area contributed by atoms with Crippen LogP contribution in [-0.2, 0) is 20.9 Å². The number of rotatable bonds is 3. The molecule has 3 aliphatic rings. The van der Waals surface area contributed by atoms with Gasteiger partial charge in [-0.1, -0.05) is 6.07 Å². The number of aromatic nitrogens is 1. The molecular weight excluding hydrogens is 306 g/mol. The van der Waals surface area contributed by atoms with E-state index in [2.05, 4.69) is 4.98 Å². The van der Waals surface area contributed by atoms with Crippen molar-refractivity contribution < 1.29 is 14.3 Å². The molecule has 3 aliphatic heterocycles. The summed E-state index contributed by atoms with van der Waals surface area (Å²) in [5.41, 5.74) is 1.04. The molecule has 3 atom stereocenters. The maximum absolute atomic E-state index is 12.8. The number of hydrogen-bond donors (Lipinski definition) is 0. The molecule has 0 N–H and O–H groups in total. The van der Waals surface area contributed by atoms with Crippen molar-refractivity contribution in [3.63, 3.8) is 0 Å². The number of piperidine rings is 1. The zero-order chi connectivity index (χ0) is 16.5. The second-order valence-electron chi connectivity index (χ2n) is 6.94. The highest BCUT2D eigenvalue weighted by Crippen LogP contribution is 2.34. The summed E-state index contributed by atoms with van der Waals surface area (Å²) in [6, 6.07) is 4.19. The molecule has 0 aliphatic carbocycles. The molecule has 1 aromatic heterocycles. The molecule has 0 radical (unpaired) electrons. The van der Waals surface area contributed by atoms with E-state index in [1.54, 1.807) is 6.20 Å². The van der Waals surface area contributed by atoms with Gasteiger partial charge in [-0.05, 0) is 30.9 Å². The van der Waals surface area contributed by atoms with Gasteiger partial charge in [0.1, 0.15) is 0 Å². The molecule has 128 valence electrons. The maximum atomic E-state index is 12.8. The van der Waals surface area contributed by atoms with Crippen LogP contribution in [-0.4, -0.2) is 58.4 Å². The van der Waals surface area contributed by atoms with Crippen LogP contribution in [0.2, 0.25) is 0 Å². The van der Waals surface area contributed by atoms with Crippen molar-refractivity contribution in [3.8, 4) is 0 Å². The molecule has 24 heavy (non-hydrogen) atoms. The first-order valence-corrected chi connectivity index (χ1v) is 8.80. The minimum atomic E-state index is 0.00755. The molecular formula is C18H23N3O3. The molecule has 6 nitrogen and oxygen atoms in total. The third-order valence-corrected chi connectivity index (χ3v) is 5.52. The Labute approximate surface area is 141 Å². The molecule has 0 aromatic carbocycles. The quantitative estimate of drug-likeness (QED) is 0.836. The molecule has 0 bridgehead atoms. The predicted octanol–water partition coefficient (Wildman–Crippen LogP) is 1.21. The minimum absolute atomic E-state index is 0.00755. The second-order valence-corrected chi connectivity index (χ2v) is 6.94. The SMILES string of the molecule is O=C1CC[C@H]2[C@H](CCN2C(=O)[C@@H]2CCOC2)N1Cc1cccnc1. The van der Waals surface area contributed by atoms with Gasteiger partial charge in [0.15, 0.2) is 0 Å². The van der Waals surface area contributed by atoms with E-state index in [0.717, 1.165) is 31.4 Å². The van der Waals surface area contributed by atoms with Crippen LogP contribution in [0.15, 0.2) is 24.5 Å². The highest BCUT2D eigenvalue weighted by atomic mass is 16.5. The van der Waals surface area contributed by atoms with Crippen LogP contribution in [0.25, 0.3) is 0 Å². The highest BCUT2D eigenvalue weighted by molar-refractivity contribution is 5.82. The standard InChI is InChI=1S/C18H23N3O3/c22-17-4-3-15-16(21(17)11-13-2-1-7-19-10-13)5-8-20(15)18(23)14-6-9-24-12-14/h1-2,7,10,14-16H,3-6,8-9,11-12H2/t14-,15+,16+/m1/s1. The number of pyridine rings is 1. The van der Waals surface area contributed by atoms with Gasteiger partial charge in [-0.3, -0.25) is 14.6 Å². The van der Waals surface area contributed by atoms with Gasteiger partial charge in [-0.25, -0.2) is 0 Å². The second kappa shape index (κ2) is 6.51. The number of carbonyl (C=O) groups excluding carboxylic acids is 2. The van der Waals surface area contributed by atoms with Crippen molar-refractivity contribution in [2.75, 3.05) is 19.8 Å². The van der Waals surface area contributed by atoms with Crippen molar-refractivity contribution in [1.82, 2.24) is 14.8 Å². The molecule has 0 saturated carbocycles. The highest BCUT2D eigenvalue weighted by Gasteiger charge is 2.46. The summed E-state index contributed by atoms with van der Waals surface area (Å²) < 4.78 is 5.37. The smallest absolute Gasteiger partial charge is 0.228 e. The lowest BCUT2D eigenvalue weighted by Crippen LogP contribution is -2.53. The van der Waals surface area contributed by atoms with E-state index < -0.39 is 0 Å². The Kier molecular flexibility index (Phi) is 4.22. The van der Waals surface area contributed by atoms with Gasteiger partial charge in [-0.15, -0.1) is 0 Å². The molecule has 0 spiro atoms. The Morgan fingerprint density at radius 2 is 2.21 bits per heavy atom. The summed E-state index contributed by atoms with van der Waals surface area (Å²) in [6.07, 6.45) is 6.55. The van der Waals surface area contributed by atoms with Crippen molar-refractivity contribution in [1.29, 1.82) is 0 Å². The largest absolute Gasteiger partial charge is 0.381 e. The average molecular weight is 329 g/mol. The molecule has 3 saturated heterocycles. The van der Waals surface area contributed by atoms with Crippen molar-refractivity contribution >= 4 is 11.8 Å². The zero-order valence-corrected chi connectivity index (χ0v) is 13.8. The molecule has 4 heterocycles. The van der Waals surface area contributed by atoms with E-state index in [1.807, 2.05) is 28.1 Å². The normalized spacial score (nSPS) is 29.8. The van der Waals surface area contributed by atoms with Crippen LogP contribution >= 0.6 is 0 Å². The fourth-order valence-corrected chi connectivity index (χ4v) is 4.28. The summed E-state index contributed by atoms with van der Waals surface area (Å²) in [5, 5.41) is 0. The average Bonchev–Trinajstić information content (AvgIpc) is 3.27. The lowest BCUT2D eigenvalue weighted by Gasteiger charge is -2.40. The Balaban J connectivity index is 1.49. The van der Waals surface area contributed by atoms with E-state index >= 15 is 0 Å². The summed E-state index contributed by atoms with van der Waals surface area (Å²) in [6.45, 7) is 2.57. The van der Waals surface area contributed by atoms with Crippen molar-refractivity contribution in [2.45, 2.75) is 44.3 Å². The molecule has 4 rings (SSSR count). The van der Waals surface area contributed by atoms with E-state index in [-0.39, 0.29) is 29.8 Å². The predicted molar refractivity (Wildman–Crippen MR) is 86.9 cm³/mol. The molecule has 2 amide bonds. The van der Waals surface area contributed by atoms with Gasteiger partial charge >= 0.3 is 0 Å². The van der Waals surface area contributed by atoms with Crippen LogP contribution in [0.4, 0.5) is 0 Å². The minimum Gasteiger partial charge on any atom is -0.381 e. The Morgan fingerprint density at radius 3 is 2.96 bits per heavy atom. The number of nitrogens with zero attached hydrogens (tertiary/aromatic N) is 3. The number of ether oxygens (including phenoxy) is 1. The maximum Gasteiger partial charge on any atom is 0.228 e. The van der Waals surface area contributed by atoms with Gasteiger partial charge in [-0.2, -0.15) is 0 Å². The monoisotopic (exact) mass is 329 g/mol. The van der Waals surface area contributed by atoms with Gasteiger partial charge in [0.05, 0.1) is 24.6 Å². The fraction of sp³-hybridized carbons (Fsp3) is 0.611. The lowest BCUT2D eigenvalue weighted by atomic mass is 9.95. The molecule has 3 fully saturated rings. The number of amides is 2. The number of carbonyl (C=O) groups is 2. The van der Waals surface area contributed by atoms with Gasteiger partial charge in [0.25, 0.3) is 0 Å². The number of hydrogen-bond acceptors (Lipinski definition) is 4. The lowest BCUT2D eigenvalue weighted by molar-refractivity contribution is -0.144. The van der Waals surface area contributed by atoms with Gasteiger partial charge in [0, 0.05) is 38.5 Å². The summed E-state index contributed by atoms with van der Waals surface area (Å²) in [7, 11) is 0. The molecule has 6 heteroatoms. The summed E-state index contributed by atoms with van der Waals surface area (Å²) >= 11 is 0. The van der Waals surface area contributed by atoms with Crippen LogP contribution in [0.1, 0.15) is 31.2 Å². The zero-order valence-electron chi connectivity index (χ0n) is 13.8. The first kappa shape index (κ1) is 15.6. The van der Waals surface area contributed by atoms with E-state index in [9.17, 15) is 9.59 Å². The van der Waals surface area contributed by atoms with Crippen molar-refractivity contribution in [2.24, 2.45) is 5.92 Å². The van der Waals surface area contributed by atoms with Crippen LogP contribution in [0, 0.1) is 5.92 Å². The van der Waals surface area contributed by atoms with Crippen LogP contribution in [0.3, 0.4) is 0 Å². The summed E-state index contributed by atoms with van der Waals surface area (Å²) in [4.78, 5) is 33.4. The third kappa shape index (κ3) is 2.79. The van der Waals surface area contributed by atoms with Crippen LogP contribution < -0.4 is 0 Å². The van der Waals surface area contributed by atoms with E-state index in [1.165, 1.54) is 0 Å². The van der Waals surface area contributed by atoms with Crippen molar-refractivity contribution in [3.05, 3.63) is 30.1 Å².